The predicted octanol–water partition coefficient (Wildman–Crippen LogP) is 5.67. The van der Waals surface area contributed by atoms with Crippen molar-refractivity contribution in [1.82, 2.24) is 20.3 Å². The van der Waals surface area contributed by atoms with E-state index < -0.39 is 41.1 Å². The van der Waals surface area contributed by atoms with Crippen molar-refractivity contribution >= 4 is 36.4 Å². The highest BCUT2D eigenvalue weighted by Crippen LogP contribution is 2.39. The van der Waals surface area contributed by atoms with Gasteiger partial charge in [-0.25, -0.2) is 10.1 Å². The number of hydrogen-bond donors (Lipinski definition) is 3. The Hall–Kier alpha value is -4.82. The van der Waals surface area contributed by atoms with Crippen LogP contribution in [0.5, 0.6) is 0 Å². The summed E-state index contributed by atoms with van der Waals surface area (Å²) in [5.74, 6) is -1.40. The number of nitrogens with one attached hydrogen (secondary N) is 1. The monoisotopic (exact) mass is 847 g/mol. The van der Waals surface area contributed by atoms with E-state index in [1.54, 1.807) is 4.90 Å². The van der Waals surface area contributed by atoms with Gasteiger partial charge in [0.15, 0.2) is 0 Å². The molecule has 2 saturated carbocycles. The Kier molecular flexibility index (Phi) is 18.7. The summed E-state index contributed by atoms with van der Waals surface area (Å²) in [5, 5.41) is 5.23. The van der Waals surface area contributed by atoms with Gasteiger partial charge in [-0.3, -0.25) is 38.4 Å². The van der Waals surface area contributed by atoms with Gasteiger partial charge in [0.1, 0.15) is 25.3 Å². The van der Waals surface area contributed by atoms with Gasteiger partial charge < -0.3 is 21.7 Å². The molecule has 6 amide bonds. The van der Waals surface area contributed by atoms with E-state index in [-0.39, 0.29) is 43.5 Å². The summed E-state index contributed by atoms with van der Waals surface area (Å²) in [4.78, 5) is 87.1. The van der Waals surface area contributed by atoms with E-state index in [1.165, 1.54) is 23.0 Å². The summed E-state index contributed by atoms with van der Waals surface area (Å²) in [6, 6.07) is 17.7. The molecule has 0 aromatic heterocycles. The second-order valence-corrected chi connectivity index (χ2v) is 18.9. The molecule has 0 bridgehead atoms. The van der Waals surface area contributed by atoms with Gasteiger partial charge in [0.25, 0.3) is 0 Å². The molecule has 5 rings (SSSR count). The van der Waals surface area contributed by atoms with E-state index in [0.717, 1.165) is 56.1 Å². The van der Waals surface area contributed by atoms with Crippen LogP contribution in [0.2, 0.25) is 0 Å². The minimum atomic E-state index is -0.786. The summed E-state index contributed by atoms with van der Waals surface area (Å²) >= 11 is 0. The maximum atomic E-state index is 13.6. The Morgan fingerprint density at radius 2 is 1.21 bits per heavy atom. The highest BCUT2D eigenvalue weighted by molar-refractivity contribution is 5.89. The fourth-order valence-electron chi connectivity index (χ4n) is 9.05. The van der Waals surface area contributed by atoms with E-state index in [2.05, 4.69) is 5.32 Å². The largest absolute Gasteiger partial charge is 0.368 e. The van der Waals surface area contributed by atoms with E-state index in [1.807, 2.05) is 95.3 Å². The number of carbonyl (C=O) groups is 6. The topological polar surface area (TPSA) is 195 Å². The molecule has 2 aromatic carbocycles. The molecule has 0 radical (unpaired) electrons. The smallest absolute Gasteiger partial charge is 0.240 e. The molecule has 1 saturated heterocycles. The molecular formula is C47H70N6O8. The lowest BCUT2D eigenvalue weighted by atomic mass is 9.84. The van der Waals surface area contributed by atoms with Crippen molar-refractivity contribution in [2.24, 2.45) is 46.0 Å². The zero-order chi connectivity index (χ0) is 44.6. The molecule has 336 valence electrons. The fourth-order valence-corrected chi connectivity index (χ4v) is 9.05. The van der Waals surface area contributed by atoms with Gasteiger partial charge in [-0.1, -0.05) is 147 Å². The molecule has 3 fully saturated rings. The third-order valence-corrected chi connectivity index (χ3v) is 12.5. The number of nitrogens with zero attached hydrogens (tertiary/aromatic N) is 3. The van der Waals surface area contributed by atoms with Crippen molar-refractivity contribution in [2.45, 2.75) is 131 Å². The number of amides is 6. The molecule has 4 atom stereocenters. The van der Waals surface area contributed by atoms with Crippen LogP contribution in [0.15, 0.2) is 60.7 Å². The van der Waals surface area contributed by atoms with Crippen LogP contribution in [0.4, 0.5) is 0 Å². The van der Waals surface area contributed by atoms with Gasteiger partial charge in [-0.05, 0) is 53.1 Å². The number of benzene rings is 2. The van der Waals surface area contributed by atoms with Crippen molar-refractivity contribution in [2.75, 3.05) is 19.6 Å². The van der Waals surface area contributed by atoms with E-state index in [0.29, 0.717) is 44.0 Å². The van der Waals surface area contributed by atoms with Crippen LogP contribution in [0.1, 0.15) is 116 Å². The Labute approximate surface area is 362 Å². The molecule has 14 heteroatoms. The van der Waals surface area contributed by atoms with Crippen LogP contribution in [0, 0.1) is 34.5 Å². The lowest BCUT2D eigenvalue weighted by molar-refractivity contribution is -0.184. The summed E-state index contributed by atoms with van der Waals surface area (Å²) in [7, 11) is 0. The first-order valence-electron chi connectivity index (χ1n) is 22.0. The fraction of sp³-hybridized carbons (Fsp3) is 0.617. The second kappa shape index (κ2) is 23.4. The molecule has 14 nitrogen and oxygen atoms in total. The van der Waals surface area contributed by atoms with Crippen molar-refractivity contribution in [3.8, 4) is 0 Å². The number of hydrogen-bond acceptors (Lipinski definition) is 8. The zero-order valence-electron chi connectivity index (χ0n) is 37.0. The molecule has 2 aliphatic carbocycles. The molecule has 5 N–H and O–H groups in total. The van der Waals surface area contributed by atoms with Gasteiger partial charge in [0.2, 0.25) is 36.4 Å². The number of hydroxylamine groups is 4. The van der Waals surface area contributed by atoms with Crippen molar-refractivity contribution in [1.29, 1.82) is 0 Å². The molecule has 0 spiro atoms. The lowest BCUT2D eigenvalue weighted by Crippen LogP contribution is -2.54. The summed E-state index contributed by atoms with van der Waals surface area (Å²) in [5.41, 5.74) is 12.2. The van der Waals surface area contributed by atoms with Crippen molar-refractivity contribution in [3.63, 3.8) is 0 Å². The van der Waals surface area contributed by atoms with Gasteiger partial charge in [-0.15, -0.1) is 0 Å². The highest BCUT2D eigenvalue weighted by Gasteiger charge is 2.48. The molecule has 2 aromatic rings. The molecule has 1 heterocycles. The van der Waals surface area contributed by atoms with Gasteiger partial charge in [0.05, 0.1) is 24.9 Å². The number of rotatable bonds is 21. The predicted molar refractivity (Wildman–Crippen MR) is 232 cm³/mol. The lowest BCUT2D eigenvalue weighted by Gasteiger charge is -2.34. The van der Waals surface area contributed by atoms with Crippen LogP contribution in [-0.4, -0.2) is 83.2 Å². The van der Waals surface area contributed by atoms with Crippen molar-refractivity contribution < 1.29 is 38.4 Å². The van der Waals surface area contributed by atoms with Crippen LogP contribution >= 0.6 is 0 Å². The van der Waals surface area contributed by atoms with E-state index in [4.69, 9.17) is 21.1 Å². The number of nitrogens with two attached hydrogens (primary N) is 2. The standard InChI is InChI=1S/C24H35N3O4.C23H35N3O4/c1-24(2)12-13-27(21(24)22(25)29)23(30)20(14-18-8-6-7-9-18)15-26(17-28)31-16-19-10-4-3-5-11-19;1-23(2,3)20(21(24)28)25-22(29)19(13-17-9-7-8-10-17)14-26(16-27)30-15-18-11-5-4-6-12-18/h3-5,10-11,17-18,20-21H,6-9,12-16H2,1-2H3,(H2,25,29);4-6,11-12,16-17,19-20H,7-10,13-15H2,1-3H3,(H2,24,28)(H,25,29)/t20-,21-;19-,20-/m11/s1. The first-order valence-corrected chi connectivity index (χ1v) is 22.0. The normalized spacial score (nSPS) is 19.2. The van der Waals surface area contributed by atoms with Crippen LogP contribution < -0.4 is 16.8 Å². The second-order valence-electron chi connectivity index (χ2n) is 18.9. The van der Waals surface area contributed by atoms with Crippen LogP contribution in [0.25, 0.3) is 0 Å². The number of primary amides is 2. The Bertz CT molecular complexity index is 1710. The molecule has 0 unspecified atom stereocenters. The zero-order valence-corrected chi connectivity index (χ0v) is 37.0. The minimum absolute atomic E-state index is 0.101. The molecule has 61 heavy (non-hydrogen) atoms. The first-order chi connectivity index (χ1) is 29.0. The Morgan fingerprint density at radius 1 is 0.770 bits per heavy atom. The quantitative estimate of drug-likeness (QED) is 0.106. The Balaban J connectivity index is 0.000000269. The van der Waals surface area contributed by atoms with Gasteiger partial charge in [-0.2, -0.15) is 0 Å². The number of likely N-dealkylation sites (tertiary alicyclic amines) is 1. The summed E-state index contributed by atoms with van der Waals surface area (Å²) in [6.45, 7) is 10.8. The number of carbonyl (C=O) groups excluding carboxylic acids is 6. The maximum Gasteiger partial charge on any atom is 0.240 e. The third-order valence-electron chi connectivity index (χ3n) is 12.5. The summed E-state index contributed by atoms with van der Waals surface area (Å²) < 4.78 is 0. The summed E-state index contributed by atoms with van der Waals surface area (Å²) in [6.07, 6.45) is 12.3. The highest BCUT2D eigenvalue weighted by atomic mass is 16.7. The first kappa shape index (κ1) is 48.8. The van der Waals surface area contributed by atoms with Crippen molar-refractivity contribution in [3.05, 3.63) is 71.8 Å². The van der Waals surface area contributed by atoms with Crippen LogP contribution in [-0.2, 0) is 51.7 Å². The van der Waals surface area contributed by atoms with E-state index in [9.17, 15) is 28.8 Å². The van der Waals surface area contributed by atoms with Crippen LogP contribution in [0.3, 0.4) is 0 Å². The Morgan fingerprint density at radius 3 is 1.62 bits per heavy atom. The average Bonchev–Trinajstić information content (AvgIpc) is 4.01. The third kappa shape index (κ3) is 15.2. The average molecular weight is 847 g/mol. The van der Waals surface area contributed by atoms with E-state index >= 15 is 0 Å². The minimum Gasteiger partial charge on any atom is -0.368 e. The molecule has 1 aliphatic heterocycles. The van der Waals surface area contributed by atoms with Gasteiger partial charge >= 0.3 is 0 Å². The maximum absolute atomic E-state index is 13.6. The molecular weight excluding hydrogens is 777 g/mol. The molecule has 3 aliphatic rings. The SMILES string of the molecule is CC(C)(C)[C@H](NC(=O)[C@H](CC1CCCC1)CN(C=O)OCc1ccccc1)C(N)=O.CC1(C)CCN(C(=O)[C@H](CC2CCCC2)CN(C=O)OCc2ccccc2)[C@@H]1C(N)=O. The van der Waals surface area contributed by atoms with Gasteiger partial charge in [0, 0.05) is 6.54 Å².